The van der Waals surface area contributed by atoms with Gasteiger partial charge in [0, 0.05) is 16.5 Å². The van der Waals surface area contributed by atoms with Crippen molar-refractivity contribution in [1.82, 2.24) is 15.2 Å². The second-order valence-electron chi connectivity index (χ2n) is 6.57. The quantitative estimate of drug-likeness (QED) is 0.363. The third-order valence-corrected chi connectivity index (χ3v) is 5.82. The van der Waals surface area contributed by atoms with Gasteiger partial charge in [0.1, 0.15) is 5.75 Å². The van der Waals surface area contributed by atoms with Gasteiger partial charge in [0.05, 0.1) is 18.1 Å². The second kappa shape index (κ2) is 9.76. The van der Waals surface area contributed by atoms with Crippen LogP contribution in [0.2, 0.25) is 0 Å². The third kappa shape index (κ3) is 5.50. The average Bonchev–Trinajstić information content (AvgIpc) is 3.44. The largest absolute Gasteiger partial charge is 0.494 e. The number of nitrogens with zero attached hydrogens (tertiary/aromatic N) is 3. The fourth-order valence-corrected chi connectivity index (χ4v) is 4.01. The van der Waals surface area contributed by atoms with Gasteiger partial charge in [-0.05, 0) is 38.1 Å². The molecule has 0 aliphatic heterocycles. The minimum absolute atomic E-state index is 0.143. The maximum absolute atomic E-state index is 12.3. The Bertz CT molecular complexity index is 1150. The van der Waals surface area contributed by atoms with E-state index >= 15 is 0 Å². The number of hydrogen-bond acceptors (Lipinski definition) is 8. The summed E-state index contributed by atoms with van der Waals surface area (Å²) in [6.07, 6.45) is 0. The van der Waals surface area contributed by atoms with Gasteiger partial charge in [0.15, 0.2) is 5.13 Å². The first-order valence-electron chi connectivity index (χ1n) is 9.62. The van der Waals surface area contributed by atoms with E-state index in [1.54, 1.807) is 0 Å². The monoisotopic (exact) mass is 452 g/mol. The van der Waals surface area contributed by atoms with Crippen LogP contribution >= 0.6 is 23.1 Å². The molecule has 2 aromatic heterocycles. The van der Waals surface area contributed by atoms with Gasteiger partial charge in [0.2, 0.25) is 11.8 Å². The van der Waals surface area contributed by atoms with Gasteiger partial charge in [-0.3, -0.25) is 4.79 Å². The van der Waals surface area contributed by atoms with Crippen molar-refractivity contribution in [1.29, 1.82) is 0 Å². The van der Waals surface area contributed by atoms with Gasteiger partial charge in [0.25, 0.3) is 5.22 Å². The molecular formula is C22H20N4O3S2. The predicted octanol–water partition coefficient (Wildman–Crippen LogP) is 5.30. The summed E-state index contributed by atoms with van der Waals surface area (Å²) in [4.78, 5) is 16.8. The highest BCUT2D eigenvalue weighted by atomic mass is 32.2. The van der Waals surface area contributed by atoms with Gasteiger partial charge in [-0.1, -0.05) is 41.6 Å². The first-order valence-corrected chi connectivity index (χ1v) is 11.5. The number of carbonyl (C=O) groups excluding carboxylic acids is 1. The third-order valence-electron chi connectivity index (χ3n) is 4.24. The summed E-state index contributed by atoms with van der Waals surface area (Å²) in [7, 11) is 0. The topological polar surface area (TPSA) is 90.1 Å². The van der Waals surface area contributed by atoms with E-state index in [-0.39, 0.29) is 11.7 Å². The van der Waals surface area contributed by atoms with Gasteiger partial charge in [-0.15, -0.1) is 21.5 Å². The van der Waals surface area contributed by atoms with Crippen LogP contribution in [0, 0.1) is 6.92 Å². The molecule has 9 heteroatoms. The van der Waals surface area contributed by atoms with Crippen LogP contribution in [-0.2, 0) is 4.79 Å². The highest BCUT2D eigenvalue weighted by Gasteiger charge is 2.13. The van der Waals surface area contributed by atoms with Crippen molar-refractivity contribution < 1.29 is 13.9 Å². The molecule has 7 nitrogen and oxygen atoms in total. The number of rotatable bonds is 8. The maximum Gasteiger partial charge on any atom is 0.277 e. The Labute approximate surface area is 187 Å². The Hall–Kier alpha value is -3.17. The molecule has 1 amide bonds. The number of amides is 1. The molecule has 158 valence electrons. The van der Waals surface area contributed by atoms with E-state index in [2.05, 4.69) is 20.5 Å². The lowest BCUT2D eigenvalue weighted by molar-refractivity contribution is -0.113. The van der Waals surface area contributed by atoms with E-state index in [1.165, 1.54) is 28.7 Å². The molecule has 0 radical (unpaired) electrons. The first kappa shape index (κ1) is 21.1. The fraction of sp³-hybridized carbons (Fsp3) is 0.182. The SMILES string of the molecule is CCOc1ccc(-c2nnc(SCC(=O)Nc3nc(-c4ccc(C)cc4)cs3)o2)cc1. The Morgan fingerprint density at radius 2 is 1.84 bits per heavy atom. The summed E-state index contributed by atoms with van der Waals surface area (Å²) in [6.45, 7) is 4.58. The van der Waals surface area contributed by atoms with Crippen LogP contribution in [0.1, 0.15) is 12.5 Å². The molecule has 0 unspecified atom stereocenters. The lowest BCUT2D eigenvalue weighted by Crippen LogP contribution is -2.13. The number of nitrogens with one attached hydrogen (secondary N) is 1. The van der Waals surface area contributed by atoms with Crippen molar-refractivity contribution in [3.05, 3.63) is 59.5 Å². The first-order chi connectivity index (χ1) is 15.1. The zero-order chi connectivity index (χ0) is 21.6. The Morgan fingerprint density at radius 3 is 2.58 bits per heavy atom. The van der Waals surface area contributed by atoms with Crippen LogP contribution in [0.15, 0.2) is 63.6 Å². The average molecular weight is 453 g/mol. The van der Waals surface area contributed by atoms with Gasteiger partial charge >= 0.3 is 0 Å². The molecule has 0 saturated heterocycles. The van der Waals surface area contributed by atoms with Crippen molar-refractivity contribution in [3.8, 4) is 28.5 Å². The van der Waals surface area contributed by atoms with Gasteiger partial charge in [-0.2, -0.15) is 0 Å². The molecule has 0 bridgehead atoms. The van der Waals surface area contributed by atoms with Crippen LogP contribution in [0.5, 0.6) is 5.75 Å². The molecule has 4 aromatic rings. The fourth-order valence-electron chi connectivity index (χ4n) is 2.72. The van der Waals surface area contributed by atoms with E-state index < -0.39 is 0 Å². The molecule has 4 rings (SSSR count). The summed E-state index contributed by atoms with van der Waals surface area (Å²) in [5, 5.41) is 13.7. The molecule has 2 aromatic carbocycles. The van der Waals surface area contributed by atoms with Crippen LogP contribution in [0.3, 0.4) is 0 Å². The van der Waals surface area contributed by atoms with Crippen LogP contribution in [-0.4, -0.2) is 33.4 Å². The molecule has 0 spiro atoms. The number of thiazole rings is 1. The number of ether oxygens (including phenoxy) is 1. The summed E-state index contributed by atoms with van der Waals surface area (Å²) in [6, 6.07) is 15.5. The van der Waals surface area contributed by atoms with Crippen molar-refractivity contribution >= 4 is 34.1 Å². The normalized spacial score (nSPS) is 10.8. The zero-order valence-electron chi connectivity index (χ0n) is 17.0. The smallest absolute Gasteiger partial charge is 0.277 e. The van der Waals surface area contributed by atoms with Crippen molar-refractivity contribution in [2.24, 2.45) is 0 Å². The second-order valence-corrected chi connectivity index (χ2v) is 8.36. The molecule has 0 aliphatic carbocycles. The Kier molecular flexibility index (Phi) is 6.63. The van der Waals surface area contributed by atoms with Crippen LogP contribution < -0.4 is 10.1 Å². The number of hydrogen-bond donors (Lipinski definition) is 1. The van der Waals surface area contributed by atoms with E-state index in [9.17, 15) is 4.79 Å². The van der Waals surface area contributed by atoms with Gasteiger partial charge < -0.3 is 14.5 Å². The van der Waals surface area contributed by atoms with Gasteiger partial charge in [-0.25, -0.2) is 4.98 Å². The van der Waals surface area contributed by atoms with E-state index in [0.29, 0.717) is 22.9 Å². The summed E-state index contributed by atoms with van der Waals surface area (Å²) in [5.74, 6) is 1.14. The molecule has 0 fully saturated rings. The molecule has 0 saturated carbocycles. The summed E-state index contributed by atoms with van der Waals surface area (Å²) >= 11 is 2.57. The van der Waals surface area contributed by atoms with Crippen LogP contribution in [0.25, 0.3) is 22.7 Å². The van der Waals surface area contributed by atoms with Crippen LogP contribution in [0.4, 0.5) is 5.13 Å². The molecule has 0 aliphatic rings. The standard InChI is InChI=1S/C22H20N4O3S2/c1-3-28-17-10-8-16(9-11-17)20-25-26-22(29-20)31-13-19(27)24-21-23-18(12-30-21)15-6-4-14(2)5-7-15/h4-12H,3,13H2,1-2H3,(H,23,24,27). The highest BCUT2D eigenvalue weighted by Crippen LogP contribution is 2.27. The number of anilines is 1. The Morgan fingerprint density at radius 1 is 1.10 bits per heavy atom. The minimum atomic E-state index is -0.185. The van der Waals surface area contributed by atoms with Crippen molar-refractivity contribution in [2.75, 3.05) is 17.7 Å². The molecular weight excluding hydrogens is 432 g/mol. The van der Waals surface area contributed by atoms with Crippen molar-refractivity contribution in [3.63, 3.8) is 0 Å². The Balaban J connectivity index is 1.31. The highest BCUT2D eigenvalue weighted by molar-refractivity contribution is 7.99. The molecule has 2 heterocycles. The number of carbonyl (C=O) groups is 1. The minimum Gasteiger partial charge on any atom is -0.494 e. The van der Waals surface area contributed by atoms with E-state index in [0.717, 1.165) is 22.6 Å². The summed E-state index contributed by atoms with van der Waals surface area (Å²) < 4.78 is 11.1. The zero-order valence-corrected chi connectivity index (χ0v) is 18.6. The lowest BCUT2D eigenvalue weighted by Gasteiger charge is -2.02. The van der Waals surface area contributed by atoms with Crippen molar-refractivity contribution in [2.45, 2.75) is 19.1 Å². The molecule has 0 atom stereocenters. The maximum atomic E-state index is 12.3. The lowest BCUT2D eigenvalue weighted by atomic mass is 10.1. The summed E-state index contributed by atoms with van der Waals surface area (Å²) in [5.41, 5.74) is 3.84. The number of aryl methyl sites for hydroxylation is 1. The predicted molar refractivity (Wildman–Crippen MR) is 123 cm³/mol. The number of aromatic nitrogens is 3. The number of thioether (sulfide) groups is 1. The van der Waals surface area contributed by atoms with E-state index in [4.69, 9.17) is 9.15 Å². The number of benzene rings is 2. The molecule has 1 N–H and O–H groups in total. The molecule has 31 heavy (non-hydrogen) atoms. The van der Waals surface area contributed by atoms with E-state index in [1.807, 2.05) is 67.8 Å².